The minimum absolute atomic E-state index is 0. The van der Waals surface area contributed by atoms with Crippen molar-refractivity contribution in [2.75, 3.05) is 88.8 Å². The van der Waals surface area contributed by atoms with Crippen LogP contribution in [0.5, 0.6) is 0 Å². The first-order valence-corrected chi connectivity index (χ1v) is 27.8. The van der Waals surface area contributed by atoms with Gasteiger partial charge < -0.3 is 34.5 Å². The highest BCUT2D eigenvalue weighted by Gasteiger charge is 2.48. The van der Waals surface area contributed by atoms with Crippen LogP contribution in [0.15, 0.2) is 97.6 Å². The molecular weight excluding hydrogens is 1140 g/mol. The highest BCUT2D eigenvalue weighted by atomic mass is 35.5. The SMILES string of the molecule is C.CC(C)(C)OC(=O)N1C[C@@H](N2CCN(C(=O)c3ccc(Cl)cc3)CC2)[C@](C)(O)C1.C[C@@]1(O)CN(c2ncnc3cc(Cl)ccc23)C[C@H]1N1CCN(C(=O)c2ccc(Cl)cc2)CC1.ClCCl.Clc1ccc2c(Cl)ncnc2c1. The van der Waals surface area contributed by atoms with Gasteiger partial charge in [-0.2, -0.15) is 0 Å². The number of halogens is 7. The fourth-order valence-corrected chi connectivity index (χ4v) is 10.6. The van der Waals surface area contributed by atoms with E-state index in [1.165, 1.54) is 12.7 Å². The van der Waals surface area contributed by atoms with Gasteiger partial charge in [0.25, 0.3) is 11.8 Å². The van der Waals surface area contributed by atoms with Crippen molar-refractivity contribution >= 4 is 127 Å². The third-order valence-corrected chi connectivity index (χ3v) is 14.9. The molecule has 23 heteroatoms. The summed E-state index contributed by atoms with van der Waals surface area (Å²) in [4.78, 5) is 66.5. The summed E-state index contributed by atoms with van der Waals surface area (Å²) >= 11 is 39.1. The molecule has 4 aliphatic rings. The molecule has 4 fully saturated rings. The van der Waals surface area contributed by atoms with Gasteiger partial charge in [-0.25, -0.2) is 24.7 Å². The first kappa shape index (κ1) is 62.6. The normalized spacial score (nSPS) is 21.6. The van der Waals surface area contributed by atoms with E-state index in [9.17, 15) is 24.6 Å². The lowest BCUT2D eigenvalue weighted by Gasteiger charge is -2.41. The number of anilines is 1. The van der Waals surface area contributed by atoms with Crippen LogP contribution >= 0.6 is 81.2 Å². The molecular formula is C55H65Cl7N10O6. The van der Waals surface area contributed by atoms with E-state index in [-0.39, 0.29) is 43.2 Å². The summed E-state index contributed by atoms with van der Waals surface area (Å²) in [5, 5.41) is 27.1. The molecule has 0 unspecified atom stereocenters. The van der Waals surface area contributed by atoms with Crippen LogP contribution in [0.2, 0.25) is 25.2 Å². The van der Waals surface area contributed by atoms with Crippen molar-refractivity contribution in [1.82, 2.24) is 44.4 Å². The number of nitrogens with zero attached hydrogens (tertiary/aromatic N) is 10. The Hall–Kier alpha value is -4.56. The number of aliphatic hydroxyl groups is 2. The fourth-order valence-electron chi connectivity index (χ4n) is 9.86. The van der Waals surface area contributed by atoms with E-state index >= 15 is 0 Å². The number of hydrogen-bond acceptors (Lipinski definition) is 13. The number of β-amino-alcohol motifs (C(OH)–C–C–N with tert-alkyl or cyclic N) is 2. The Morgan fingerprint density at radius 1 is 0.577 bits per heavy atom. The molecule has 0 radical (unpaired) electrons. The summed E-state index contributed by atoms with van der Waals surface area (Å²) in [5.41, 5.74) is 0.293. The van der Waals surface area contributed by atoms with Crippen molar-refractivity contribution in [1.29, 1.82) is 0 Å². The molecule has 0 bridgehead atoms. The van der Waals surface area contributed by atoms with Crippen molar-refractivity contribution in [2.45, 2.75) is 70.9 Å². The molecule has 16 nitrogen and oxygen atoms in total. The van der Waals surface area contributed by atoms with Gasteiger partial charge in [0.15, 0.2) is 0 Å². The number of carbonyl (C=O) groups excluding carboxylic acids is 3. The van der Waals surface area contributed by atoms with E-state index < -0.39 is 22.9 Å². The topological polar surface area (TPSA) is 172 Å². The van der Waals surface area contributed by atoms with Gasteiger partial charge in [-0.1, -0.05) is 65.4 Å². The van der Waals surface area contributed by atoms with Crippen molar-refractivity contribution < 1.29 is 29.3 Å². The Kier molecular flexibility index (Phi) is 21.9. The molecule has 6 heterocycles. The number of alkyl halides is 2. The Morgan fingerprint density at radius 2 is 0.987 bits per heavy atom. The quantitative estimate of drug-likeness (QED) is 0.124. The molecule has 4 atom stereocenters. The second-order valence-electron chi connectivity index (χ2n) is 20.4. The van der Waals surface area contributed by atoms with Crippen molar-refractivity contribution in [3.8, 4) is 0 Å². The highest BCUT2D eigenvalue weighted by Crippen LogP contribution is 2.34. The molecule has 420 valence electrons. The van der Waals surface area contributed by atoms with E-state index in [4.69, 9.17) is 85.9 Å². The minimum Gasteiger partial charge on any atom is -0.444 e. The van der Waals surface area contributed by atoms with Crippen LogP contribution in [0.3, 0.4) is 0 Å². The Balaban J connectivity index is 0.000000199. The predicted octanol–water partition coefficient (Wildman–Crippen LogP) is 10.8. The number of rotatable bonds is 5. The maximum Gasteiger partial charge on any atom is 0.410 e. The van der Waals surface area contributed by atoms with Crippen molar-refractivity contribution in [3.63, 3.8) is 0 Å². The lowest BCUT2D eigenvalue weighted by Crippen LogP contribution is -2.57. The first-order chi connectivity index (χ1) is 36.5. The van der Waals surface area contributed by atoms with E-state index in [2.05, 4.69) is 34.6 Å². The van der Waals surface area contributed by atoms with E-state index in [0.29, 0.717) is 108 Å². The van der Waals surface area contributed by atoms with Gasteiger partial charge in [-0.15, -0.1) is 23.2 Å². The number of hydrogen-bond donors (Lipinski definition) is 2. The van der Waals surface area contributed by atoms with Gasteiger partial charge in [0.1, 0.15) is 29.2 Å². The second-order valence-corrected chi connectivity index (χ2v) is 23.4. The first-order valence-electron chi connectivity index (χ1n) is 24.8. The van der Waals surface area contributed by atoms with Crippen LogP contribution in [-0.2, 0) is 4.74 Å². The fraction of sp³-hybridized carbons (Fsp3) is 0.436. The zero-order valence-corrected chi connectivity index (χ0v) is 48.5. The third kappa shape index (κ3) is 16.1. The average Bonchev–Trinajstić information content (AvgIpc) is 3.95. The molecule has 4 aromatic carbocycles. The maximum absolute atomic E-state index is 12.8. The van der Waals surface area contributed by atoms with E-state index in [0.717, 1.165) is 27.6 Å². The zero-order chi connectivity index (χ0) is 55.8. The summed E-state index contributed by atoms with van der Waals surface area (Å²) in [6.07, 6.45) is 2.55. The van der Waals surface area contributed by atoms with Gasteiger partial charge in [-0.3, -0.25) is 19.4 Å². The largest absolute Gasteiger partial charge is 0.444 e. The number of aromatic nitrogens is 4. The molecule has 6 aromatic rings. The van der Waals surface area contributed by atoms with Crippen LogP contribution in [0, 0.1) is 0 Å². The van der Waals surface area contributed by atoms with Crippen LogP contribution in [-0.4, -0.2) is 185 Å². The Morgan fingerprint density at radius 3 is 1.46 bits per heavy atom. The molecule has 0 spiro atoms. The predicted molar refractivity (Wildman–Crippen MR) is 314 cm³/mol. The Labute approximate surface area is 491 Å². The van der Waals surface area contributed by atoms with E-state index in [1.54, 1.807) is 78.6 Å². The summed E-state index contributed by atoms with van der Waals surface area (Å²) in [6.45, 7) is 15.9. The number of likely N-dealkylation sites (tertiary alicyclic amines) is 1. The molecule has 0 aliphatic carbocycles. The molecule has 4 saturated heterocycles. The van der Waals surface area contributed by atoms with Crippen molar-refractivity contribution in [2.24, 2.45) is 0 Å². The van der Waals surface area contributed by atoms with Crippen molar-refractivity contribution in [3.05, 3.63) is 134 Å². The zero-order valence-electron chi connectivity index (χ0n) is 43.2. The molecule has 3 amide bonds. The molecule has 10 rings (SSSR count). The van der Waals surface area contributed by atoms with Crippen LogP contribution < -0.4 is 4.90 Å². The minimum atomic E-state index is -1.03. The standard InChI is InChI=1S/C24H25Cl2N5O2.C21H30ClN3O4.C8H4Cl2N2.CH2Cl2.CH4/c1-24(33)14-31(22-19-7-6-18(26)12-20(19)27-15-28-22)13-21(24)29-8-10-30(11-9-29)23(32)16-2-4-17(25)5-3-16;1-20(2,3)29-19(27)25-13-17(21(4,28)14-25)23-9-11-24(12-10-23)18(26)15-5-7-16(22)8-6-15;9-5-1-2-6-7(3-5)11-4-12-8(6)10;2-1-3;/h2-7,12,15,21,33H,8-11,13-14H2,1H3;5-8,17,28H,9-14H2,1-4H3;1-4H;1H2;1H4/t21-,24-;17-,21-;;;/m11.../s1. The van der Waals surface area contributed by atoms with Gasteiger partial charge in [0.2, 0.25) is 0 Å². The highest BCUT2D eigenvalue weighted by molar-refractivity contribution is 6.40. The Bertz CT molecular complexity index is 2990. The number of ether oxygens (including phenoxy) is 1. The van der Waals surface area contributed by atoms with Crippen LogP contribution in [0.4, 0.5) is 10.6 Å². The van der Waals surface area contributed by atoms with Gasteiger partial charge in [0, 0.05) is 114 Å². The number of benzene rings is 4. The summed E-state index contributed by atoms with van der Waals surface area (Å²) in [7, 11) is 0. The smallest absolute Gasteiger partial charge is 0.410 e. The molecule has 4 aliphatic heterocycles. The summed E-state index contributed by atoms with van der Waals surface area (Å²) < 4.78 is 5.45. The lowest BCUT2D eigenvalue weighted by molar-refractivity contribution is -0.0173. The average molecular weight is 1210 g/mol. The summed E-state index contributed by atoms with van der Waals surface area (Å²) in [6, 6.07) is 24.5. The maximum atomic E-state index is 12.8. The van der Waals surface area contributed by atoms with Gasteiger partial charge in [-0.05, 0) is 120 Å². The van der Waals surface area contributed by atoms with E-state index in [1.807, 2.05) is 55.7 Å². The lowest BCUT2D eigenvalue weighted by atomic mass is 9.98. The summed E-state index contributed by atoms with van der Waals surface area (Å²) in [5.74, 6) is 0.795. The molecule has 0 saturated carbocycles. The third-order valence-electron chi connectivity index (χ3n) is 13.6. The van der Waals surface area contributed by atoms with Crippen LogP contribution in [0.25, 0.3) is 21.8 Å². The number of fused-ring (bicyclic) bond motifs is 2. The number of carbonyl (C=O) groups is 3. The molecule has 2 N–H and O–H groups in total. The van der Waals surface area contributed by atoms with Crippen LogP contribution in [0.1, 0.15) is 62.8 Å². The van der Waals surface area contributed by atoms with Gasteiger partial charge >= 0.3 is 6.09 Å². The monoisotopic (exact) mass is 1210 g/mol. The number of amides is 3. The second kappa shape index (κ2) is 27.3. The molecule has 78 heavy (non-hydrogen) atoms. The van der Waals surface area contributed by atoms with Gasteiger partial charge in [0.05, 0.1) is 46.2 Å². The number of piperazine rings is 2. The molecule has 2 aromatic heterocycles.